The van der Waals surface area contributed by atoms with Gasteiger partial charge in [-0.1, -0.05) is 50.2 Å². The molecule has 3 atom stereocenters. The molecular formula is C30H36FN3O4. The monoisotopic (exact) mass is 521 g/mol. The number of amides is 2. The Morgan fingerprint density at radius 3 is 2.71 bits per heavy atom. The van der Waals surface area contributed by atoms with Crippen LogP contribution in [-0.2, 0) is 4.79 Å². The van der Waals surface area contributed by atoms with Crippen molar-refractivity contribution in [1.29, 1.82) is 0 Å². The summed E-state index contributed by atoms with van der Waals surface area (Å²) in [5, 5.41) is 9.87. The van der Waals surface area contributed by atoms with Gasteiger partial charge in [-0.2, -0.15) is 0 Å². The number of ether oxygens (including phenoxy) is 1. The molecule has 8 heteroatoms. The van der Waals surface area contributed by atoms with Crippen LogP contribution in [0.25, 0.3) is 0 Å². The minimum Gasteiger partial charge on any atom is -0.472 e. The first-order valence-corrected chi connectivity index (χ1v) is 13.4. The Labute approximate surface area is 224 Å². The lowest BCUT2D eigenvalue weighted by atomic mass is 9.88. The largest absolute Gasteiger partial charge is 0.472 e. The van der Waals surface area contributed by atoms with E-state index in [1.165, 1.54) is 18.7 Å². The quantitative estimate of drug-likeness (QED) is 0.604. The molecule has 2 heterocycles. The second-order valence-electron chi connectivity index (χ2n) is 10.5. The number of fused-ring (bicyclic) bond motifs is 1. The van der Waals surface area contributed by atoms with Crippen LogP contribution in [0.15, 0.2) is 36.5 Å². The number of carbonyl (C=O) groups excluding carboxylic acids is 2. The Morgan fingerprint density at radius 2 is 2.00 bits per heavy atom. The van der Waals surface area contributed by atoms with Crippen molar-refractivity contribution < 1.29 is 23.8 Å². The van der Waals surface area contributed by atoms with E-state index in [4.69, 9.17) is 4.74 Å². The average molecular weight is 522 g/mol. The molecule has 1 aliphatic carbocycles. The first kappa shape index (κ1) is 27.6. The lowest BCUT2D eigenvalue weighted by Crippen LogP contribution is -2.51. The summed E-state index contributed by atoms with van der Waals surface area (Å²) in [4.78, 5) is 34.5. The zero-order valence-electron chi connectivity index (χ0n) is 22.3. The third kappa shape index (κ3) is 6.33. The van der Waals surface area contributed by atoms with Crippen LogP contribution in [0.5, 0.6) is 5.88 Å². The van der Waals surface area contributed by atoms with Gasteiger partial charge in [-0.15, -0.1) is 0 Å². The fourth-order valence-corrected chi connectivity index (χ4v) is 5.11. The molecule has 0 radical (unpaired) electrons. The number of rotatable bonds is 5. The molecule has 0 unspecified atom stereocenters. The van der Waals surface area contributed by atoms with Crippen LogP contribution in [-0.4, -0.2) is 70.6 Å². The molecule has 1 aliphatic heterocycles. The predicted molar refractivity (Wildman–Crippen MR) is 142 cm³/mol. The van der Waals surface area contributed by atoms with Crippen LogP contribution in [0.1, 0.15) is 67.4 Å². The highest BCUT2D eigenvalue weighted by molar-refractivity contribution is 5.97. The topological polar surface area (TPSA) is 83.0 Å². The van der Waals surface area contributed by atoms with E-state index in [2.05, 4.69) is 16.8 Å². The van der Waals surface area contributed by atoms with Crippen LogP contribution in [0, 0.1) is 29.5 Å². The molecule has 4 rings (SSSR count). The first-order valence-electron chi connectivity index (χ1n) is 13.4. The number of carbonyl (C=O) groups is 2. The summed E-state index contributed by atoms with van der Waals surface area (Å²) in [5.74, 6) is 5.16. The second kappa shape index (κ2) is 12.4. The fourth-order valence-electron chi connectivity index (χ4n) is 5.11. The van der Waals surface area contributed by atoms with Crippen molar-refractivity contribution in [3.05, 3.63) is 59.0 Å². The molecule has 0 spiro atoms. The van der Waals surface area contributed by atoms with Crippen molar-refractivity contribution in [1.82, 2.24) is 14.8 Å². The van der Waals surface area contributed by atoms with Gasteiger partial charge in [-0.3, -0.25) is 9.59 Å². The van der Waals surface area contributed by atoms with Crippen LogP contribution < -0.4 is 4.74 Å². The maximum atomic E-state index is 14.0. The summed E-state index contributed by atoms with van der Waals surface area (Å²) >= 11 is 0. The fraction of sp³-hybridized carbons (Fsp3) is 0.500. The van der Waals surface area contributed by atoms with E-state index >= 15 is 0 Å². The molecule has 38 heavy (non-hydrogen) atoms. The molecule has 1 N–H and O–H groups in total. The number of aliphatic hydroxyl groups is 1. The minimum absolute atomic E-state index is 0.0473. The second-order valence-corrected chi connectivity index (χ2v) is 10.5. The molecule has 7 nitrogen and oxygen atoms in total. The van der Waals surface area contributed by atoms with Crippen molar-refractivity contribution in [2.24, 2.45) is 11.8 Å². The molecule has 0 bridgehead atoms. The van der Waals surface area contributed by atoms with Crippen molar-refractivity contribution in [3.8, 4) is 17.7 Å². The van der Waals surface area contributed by atoms with E-state index in [0.29, 0.717) is 18.7 Å². The first-order chi connectivity index (χ1) is 18.3. The number of likely N-dealkylation sites (N-methyl/N-ethyl adjacent to an activating group) is 1. The van der Waals surface area contributed by atoms with Gasteiger partial charge in [0.1, 0.15) is 17.5 Å². The zero-order valence-corrected chi connectivity index (χ0v) is 22.3. The number of benzene rings is 1. The van der Waals surface area contributed by atoms with Crippen LogP contribution in [0.4, 0.5) is 4.39 Å². The third-order valence-electron chi connectivity index (χ3n) is 7.52. The molecule has 2 aromatic rings. The predicted octanol–water partition coefficient (Wildman–Crippen LogP) is 3.88. The number of halogens is 1. The van der Waals surface area contributed by atoms with Gasteiger partial charge in [-0.05, 0) is 38.0 Å². The van der Waals surface area contributed by atoms with Crippen molar-refractivity contribution in [2.45, 2.75) is 58.1 Å². The molecule has 2 amide bonds. The third-order valence-corrected chi connectivity index (χ3v) is 7.52. The Hall–Kier alpha value is -3.44. The van der Waals surface area contributed by atoms with Gasteiger partial charge in [0.2, 0.25) is 11.8 Å². The van der Waals surface area contributed by atoms with Crippen LogP contribution in [0.3, 0.4) is 0 Å². The molecule has 202 valence electrons. The highest BCUT2D eigenvalue weighted by atomic mass is 19.1. The summed E-state index contributed by atoms with van der Waals surface area (Å²) in [6.45, 7) is 4.28. The van der Waals surface area contributed by atoms with E-state index in [9.17, 15) is 19.1 Å². The smallest absolute Gasteiger partial charge is 0.259 e. The number of hydrogen-bond donors (Lipinski definition) is 1. The Balaban J connectivity index is 1.63. The van der Waals surface area contributed by atoms with Gasteiger partial charge in [0, 0.05) is 37.2 Å². The molecule has 0 saturated heterocycles. The van der Waals surface area contributed by atoms with Gasteiger partial charge >= 0.3 is 0 Å². The molecule has 2 aliphatic rings. The van der Waals surface area contributed by atoms with Crippen molar-refractivity contribution >= 4 is 11.8 Å². The van der Waals surface area contributed by atoms with E-state index in [1.54, 1.807) is 48.0 Å². The summed E-state index contributed by atoms with van der Waals surface area (Å²) in [5.41, 5.74) is 0.913. The van der Waals surface area contributed by atoms with E-state index in [0.717, 1.165) is 25.7 Å². The molecule has 1 saturated carbocycles. The minimum atomic E-state index is -0.426. The standard InChI is InChI=1S/C30H36FN3O4/c1-20-17-34(21(2)19-35)30(37)25-15-22(13-14-23-9-7-8-12-26(23)31)16-32-28(25)38-27(20)18-33(3)29(36)24-10-5-4-6-11-24/h7-9,12,15-16,20-21,24,27,35H,4-6,10-11,17-19H2,1-3H3/t20-,21-,27+/m1/s1. The SMILES string of the molecule is C[C@@H]1CN([C@H](C)CO)C(=O)c2cc(C#Cc3ccccc3F)cnc2O[C@H]1CN(C)C(=O)C1CCCCC1. The maximum absolute atomic E-state index is 14.0. The molecule has 1 aromatic heterocycles. The van der Waals surface area contributed by atoms with E-state index in [-0.39, 0.29) is 47.3 Å². The van der Waals surface area contributed by atoms with E-state index < -0.39 is 18.0 Å². The Kier molecular flexibility index (Phi) is 9.01. The number of nitrogens with zero attached hydrogens (tertiary/aromatic N) is 3. The molecule has 1 aromatic carbocycles. The van der Waals surface area contributed by atoms with Gasteiger partial charge in [0.15, 0.2) is 0 Å². The Morgan fingerprint density at radius 1 is 1.26 bits per heavy atom. The van der Waals surface area contributed by atoms with Crippen molar-refractivity contribution in [2.75, 3.05) is 26.7 Å². The van der Waals surface area contributed by atoms with Crippen LogP contribution in [0.2, 0.25) is 0 Å². The summed E-state index contributed by atoms with van der Waals surface area (Å²) in [6, 6.07) is 7.39. The summed E-state index contributed by atoms with van der Waals surface area (Å²) in [7, 11) is 1.81. The van der Waals surface area contributed by atoms with Gasteiger partial charge in [-0.25, -0.2) is 9.37 Å². The van der Waals surface area contributed by atoms with Crippen LogP contribution >= 0.6 is 0 Å². The number of aromatic nitrogens is 1. The van der Waals surface area contributed by atoms with E-state index in [1.807, 2.05) is 6.92 Å². The van der Waals surface area contributed by atoms with Gasteiger partial charge < -0.3 is 19.6 Å². The van der Waals surface area contributed by atoms with Gasteiger partial charge in [0.05, 0.1) is 24.8 Å². The number of aliphatic hydroxyl groups excluding tert-OH is 1. The average Bonchev–Trinajstić information content (AvgIpc) is 2.94. The zero-order chi connectivity index (χ0) is 27.2. The Bertz CT molecular complexity index is 1220. The summed E-state index contributed by atoms with van der Waals surface area (Å²) in [6.07, 6.45) is 6.27. The highest BCUT2D eigenvalue weighted by Crippen LogP contribution is 2.29. The van der Waals surface area contributed by atoms with Crippen molar-refractivity contribution in [3.63, 3.8) is 0 Å². The highest BCUT2D eigenvalue weighted by Gasteiger charge is 2.35. The normalized spacial score (nSPS) is 20.8. The lowest BCUT2D eigenvalue weighted by Gasteiger charge is -2.38. The summed E-state index contributed by atoms with van der Waals surface area (Å²) < 4.78 is 20.3. The van der Waals surface area contributed by atoms with Gasteiger partial charge in [0.25, 0.3) is 5.91 Å². The number of pyridine rings is 1. The maximum Gasteiger partial charge on any atom is 0.259 e. The number of hydrogen-bond acceptors (Lipinski definition) is 5. The molecule has 1 fully saturated rings. The lowest BCUT2D eigenvalue weighted by molar-refractivity contribution is -0.136. The molecular weight excluding hydrogens is 485 g/mol.